The van der Waals surface area contributed by atoms with Crippen LogP contribution in [-0.4, -0.2) is 33.9 Å². The van der Waals surface area contributed by atoms with Crippen molar-refractivity contribution in [1.82, 2.24) is 10.3 Å². The maximum absolute atomic E-state index is 12.4. The molecular weight excluding hydrogens is 413 g/mol. The SMILES string of the molecule is Cc1cncc(C(=O)Nc2cccc(C(C)N[C-]=CN=C3C=[N+](CC4CC4)[CH-]3)c2)c1.[K+]. The molecule has 0 spiro atoms. The van der Waals surface area contributed by atoms with Gasteiger partial charge in [0.15, 0.2) is 0 Å². The molecular formula is C24H26KN5O. The molecule has 1 atom stereocenters. The number of aromatic nitrogens is 1. The maximum Gasteiger partial charge on any atom is 1.00 e. The van der Waals surface area contributed by atoms with Gasteiger partial charge < -0.3 is 26.4 Å². The third-order valence-corrected chi connectivity index (χ3v) is 5.12. The van der Waals surface area contributed by atoms with E-state index in [1.54, 1.807) is 18.6 Å². The van der Waals surface area contributed by atoms with E-state index in [1.807, 2.05) is 44.2 Å². The molecule has 4 rings (SSSR count). The molecule has 154 valence electrons. The zero-order valence-corrected chi connectivity index (χ0v) is 21.4. The Bertz CT molecular complexity index is 1030. The maximum atomic E-state index is 12.4. The average molecular weight is 440 g/mol. The molecule has 1 amide bonds. The van der Waals surface area contributed by atoms with Crippen molar-refractivity contribution in [2.24, 2.45) is 10.9 Å². The van der Waals surface area contributed by atoms with Gasteiger partial charge in [0.2, 0.25) is 0 Å². The number of hydrogen-bond acceptors (Lipinski definition) is 4. The fourth-order valence-corrected chi connectivity index (χ4v) is 3.22. The summed E-state index contributed by atoms with van der Waals surface area (Å²) >= 11 is 0. The Hall–Kier alpha value is -1.77. The van der Waals surface area contributed by atoms with Crippen LogP contribution in [0.2, 0.25) is 0 Å². The molecule has 2 heterocycles. The molecule has 0 radical (unpaired) electrons. The quantitative estimate of drug-likeness (QED) is 0.275. The number of carbonyl (C=O) groups excluding carboxylic acids is 1. The minimum Gasteiger partial charge on any atom is -0.560 e. The van der Waals surface area contributed by atoms with Crippen molar-refractivity contribution in [2.45, 2.75) is 32.7 Å². The summed E-state index contributed by atoms with van der Waals surface area (Å²) in [4.78, 5) is 20.9. The summed E-state index contributed by atoms with van der Waals surface area (Å²) in [6.07, 6.45) is 12.8. The van der Waals surface area contributed by atoms with E-state index < -0.39 is 0 Å². The van der Waals surface area contributed by atoms with Gasteiger partial charge in [-0.25, -0.2) is 0 Å². The first-order chi connectivity index (χ1) is 14.6. The monoisotopic (exact) mass is 439 g/mol. The summed E-state index contributed by atoms with van der Waals surface area (Å²) in [5.41, 5.74) is 4.25. The fraction of sp³-hybridized carbons (Fsp3) is 0.292. The normalized spacial score (nSPS) is 17.2. The van der Waals surface area contributed by atoms with Crippen molar-refractivity contribution in [3.05, 3.63) is 78.4 Å². The average Bonchev–Trinajstić information content (AvgIpc) is 3.53. The van der Waals surface area contributed by atoms with Crippen molar-refractivity contribution < 1.29 is 60.8 Å². The number of aliphatic imine (C=N–C) groups is 1. The van der Waals surface area contributed by atoms with E-state index >= 15 is 0 Å². The third-order valence-electron chi connectivity index (χ3n) is 5.12. The molecule has 0 bridgehead atoms. The van der Waals surface area contributed by atoms with E-state index in [0.717, 1.165) is 35.0 Å². The van der Waals surface area contributed by atoms with Crippen LogP contribution in [0, 0.1) is 25.6 Å². The van der Waals surface area contributed by atoms with E-state index in [0.29, 0.717) is 5.56 Å². The minimum atomic E-state index is -0.171. The number of anilines is 1. The molecule has 2 aliphatic rings. The van der Waals surface area contributed by atoms with Crippen molar-refractivity contribution in [2.75, 3.05) is 11.9 Å². The van der Waals surface area contributed by atoms with Gasteiger partial charge >= 0.3 is 51.4 Å². The second-order valence-electron chi connectivity index (χ2n) is 7.92. The molecule has 1 fully saturated rings. The van der Waals surface area contributed by atoms with Gasteiger partial charge in [-0.15, -0.1) is 6.20 Å². The smallest absolute Gasteiger partial charge is 0.560 e. The number of nitrogens with zero attached hydrogens (tertiary/aromatic N) is 3. The van der Waals surface area contributed by atoms with Crippen molar-refractivity contribution in [3.8, 4) is 0 Å². The van der Waals surface area contributed by atoms with Crippen LogP contribution in [0.15, 0.2) is 53.9 Å². The summed E-state index contributed by atoms with van der Waals surface area (Å²) in [5, 5.41) is 6.13. The van der Waals surface area contributed by atoms with E-state index in [4.69, 9.17) is 0 Å². The standard InChI is InChI=1S/C24H26N5O.K/c1-17-10-21(13-25-12-17)24(30)28-22-5-3-4-20(11-22)18(2)26-8-9-27-23-15-29(16-23)14-19-6-7-19;/h3-5,9-13,15-16,18-19,26H,6-7,14H2,1-2H3,(H,28,30);/q-1;+1. The van der Waals surface area contributed by atoms with Gasteiger partial charge in [0.05, 0.1) is 24.0 Å². The summed E-state index contributed by atoms with van der Waals surface area (Å²) in [6, 6.07) is 9.61. The van der Waals surface area contributed by atoms with Crippen LogP contribution in [0.4, 0.5) is 5.69 Å². The van der Waals surface area contributed by atoms with Gasteiger partial charge in [-0.3, -0.25) is 9.78 Å². The van der Waals surface area contributed by atoms with E-state index in [2.05, 4.69) is 44.1 Å². The Morgan fingerprint density at radius 3 is 2.94 bits per heavy atom. The summed E-state index contributed by atoms with van der Waals surface area (Å²) in [5.74, 6) is 0.702. The first kappa shape index (κ1) is 23.9. The van der Waals surface area contributed by atoms with Crippen molar-refractivity contribution in [1.29, 1.82) is 0 Å². The molecule has 1 aliphatic carbocycles. The van der Waals surface area contributed by atoms with Gasteiger partial charge in [-0.05, 0) is 56.0 Å². The molecule has 0 saturated heterocycles. The van der Waals surface area contributed by atoms with E-state index in [9.17, 15) is 4.79 Å². The van der Waals surface area contributed by atoms with Crippen molar-refractivity contribution in [3.63, 3.8) is 0 Å². The number of carbonyl (C=O) groups is 1. The van der Waals surface area contributed by atoms with Gasteiger partial charge in [0.25, 0.3) is 5.91 Å². The van der Waals surface area contributed by atoms with Gasteiger partial charge in [0, 0.05) is 30.0 Å². The molecule has 1 aliphatic heterocycles. The van der Waals surface area contributed by atoms with Gasteiger partial charge in [0.1, 0.15) is 6.54 Å². The zero-order valence-electron chi connectivity index (χ0n) is 18.3. The largest absolute Gasteiger partial charge is 1.00 e. The van der Waals surface area contributed by atoms with E-state index in [1.165, 1.54) is 12.8 Å². The predicted molar refractivity (Wildman–Crippen MR) is 118 cm³/mol. The second-order valence-corrected chi connectivity index (χ2v) is 7.92. The Morgan fingerprint density at radius 2 is 2.19 bits per heavy atom. The molecule has 2 N–H and O–H groups in total. The van der Waals surface area contributed by atoms with Crippen LogP contribution in [0.5, 0.6) is 0 Å². The Labute approximate surface area is 226 Å². The van der Waals surface area contributed by atoms with Crippen LogP contribution in [0.3, 0.4) is 0 Å². The third kappa shape index (κ3) is 7.12. The summed E-state index contributed by atoms with van der Waals surface area (Å²) < 4.78 is 2.20. The van der Waals surface area contributed by atoms with Crippen LogP contribution < -0.4 is 62.0 Å². The predicted octanol–water partition coefficient (Wildman–Crippen LogP) is 0.681. The van der Waals surface area contributed by atoms with Crippen LogP contribution in [-0.2, 0) is 0 Å². The van der Waals surface area contributed by atoms with Crippen LogP contribution in [0.25, 0.3) is 0 Å². The summed E-state index contributed by atoms with van der Waals surface area (Å²) in [6.45, 7) is 7.14. The number of nitrogens with one attached hydrogen (secondary N) is 2. The summed E-state index contributed by atoms with van der Waals surface area (Å²) in [7, 11) is 0. The molecule has 1 aromatic carbocycles. The first-order valence-electron chi connectivity index (χ1n) is 10.3. The van der Waals surface area contributed by atoms with Crippen LogP contribution in [0.1, 0.15) is 47.3 Å². The number of hydrogen-bond donors (Lipinski definition) is 2. The molecule has 7 heteroatoms. The first-order valence-corrected chi connectivity index (χ1v) is 10.3. The fourth-order valence-electron chi connectivity index (χ4n) is 3.22. The Kier molecular flexibility index (Phi) is 8.63. The Morgan fingerprint density at radius 1 is 1.39 bits per heavy atom. The van der Waals surface area contributed by atoms with E-state index in [-0.39, 0.29) is 63.3 Å². The molecule has 1 saturated carbocycles. The second kappa shape index (κ2) is 11.2. The van der Waals surface area contributed by atoms with Gasteiger partial charge in [-0.1, -0.05) is 12.1 Å². The molecule has 31 heavy (non-hydrogen) atoms. The minimum absolute atomic E-state index is 0. The zero-order chi connectivity index (χ0) is 20.9. The molecule has 2 aromatic rings. The number of benzene rings is 1. The number of aryl methyl sites for hydroxylation is 1. The van der Waals surface area contributed by atoms with Crippen LogP contribution >= 0.6 is 0 Å². The number of pyridine rings is 1. The molecule has 1 unspecified atom stereocenters. The topological polar surface area (TPSA) is 69.4 Å². The Balaban J connectivity index is 0.00000272. The van der Waals surface area contributed by atoms with Gasteiger partial charge in [-0.2, -0.15) is 0 Å². The molecule has 6 nitrogen and oxygen atoms in total. The number of amides is 1. The molecule has 1 aromatic heterocycles. The number of rotatable bonds is 8. The van der Waals surface area contributed by atoms with Crippen molar-refractivity contribution >= 4 is 23.5 Å².